The van der Waals surface area contributed by atoms with Crippen molar-refractivity contribution in [1.29, 1.82) is 0 Å². The lowest BCUT2D eigenvalue weighted by atomic mass is 10.1. The van der Waals surface area contributed by atoms with Crippen LogP contribution >= 0.6 is 11.8 Å². The predicted molar refractivity (Wildman–Crippen MR) is 70.4 cm³/mol. The van der Waals surface area contributed by atoms with Crippen molar-refractivity contribution in [3.63, 3.8) is 0 Å². The second kappa shape index (κ2) is 9.15. The molecule has 2 amide bonds. The lowest BCUT2D eigenvalue weighted by molar-refractivity contribution is -0.137. The fourth-order valence-electron chi connectivity index (χ4n) is 1.25. The van der Waals surface area contributed by atoms with E-state index in [1.807, 2.05) is 6.92 Å². The number of thioether (sulfide) groups is 1. The molecule has 3 N–H and O–H groups in total. The number of amides is 2. The SMILES string of the molecule is CCSCC(C)NC(=O)NCC(C)CC(=O)O. The summed E-state index contributed by atoms with van der Waals surface area (Å²) in [6.07, 6.45) is 0.0710. The number of hydrogen-bond acceptors (Lipinski definition) is 3. The summed E-state index contributed by atoms with van der Waals surface area (Å²) in [6, 6.07) is -0.110. The largest absolute Gasteiger partial charge is 0.481 e. The third-order valence-corrected chi connectivity index (χ3v) is 3.23. The molecule has 5 nitrogen and oxygen atoms in total. The van der Waals surface area contributed by atoms with E-state index in [-0.39, 0.29) is 24.4 Å². The highest BCUT2D eigenvalue weighted by atomic mass is 32.2. The van der Waals surface area contributed by atoms with Gasteiger partial charge in [0.25, 0.3) is 0 Å². The highest BCUT2D eigenvalue weighted by Crippen LogP contribution is 2.01. The third-order valence-electron chi connectivity index (χ3n) is 2.08. The molecule has 2 unspecified atom stereocenters. The molecular weight excluding hydrogens is 240 g/mol. The number of carbonyl (C=O) groups is 2. The first-order chi connectivity index (χ1) is 7.95. The molecule has 0 bridgehead atoms. The van der Waals surface area contributed by atoms with Gasteiger partial charge in [-0.3, -0.25) is 4.79 Å². The molecule has 0 aliphatic carbocycles. The van der Waals surface area contributed by atoms with Gasteiger partial charge in [0.1, 0.15) is 0 Å². The Morgan fingerprint density at radius 2 is 2.00 bits per heavy atom. The summed E-state index contributed by atoms with van der Waals surface area (Å²) in [4.78, 5) is 21.8. The van der Waals surface area contributed by atoms with Crippen molar-refractivity contribution < 1.29 is 14.7 Å². The van der Waals surface area contributed by atoms with Crippen LogP contribution in [0.5, 0.6) is 0 Å². The molecule has 2 atom stereocenters. The first kappa shape index (κ1) is 16.1. The Labute approximate surface area is 107 Å². The summed E-state index contributed by atoms with van der Waals surface area (Å²) in [5.41, 5.74) is 0. The number of urea groups is 1. The van der Waals surface area contributed by atoms with E-state index >= 15 is 0 Å². The summed E-state index contributed by atoms with van der Waals surface area (Å²) in [5.74, 6) is 1.02. The molecule has 0 aromatic rings. The maximum absolute atomic E-state index is 11.4. The summed E-state index contributed by atoms with van der Waals surface area (Å²) in [6.45, 7) is 6.20. The van der Waals surface area contributed by atoms with Gasteiger partial charge in [-0.1, -0.05) is 13.8 Å². The number of carbonyl (C=O) groups excluding carboxylic acids is 1. The minimum Gasteiger partial charge on any atom is -0.481 e. The molecule has 0 radical (unpaired) electrons. The van der Waals surface area contributed by atoms with Crippen LogP contribution in [-0.4, -0.2) is 41.2 Å². The number of aliphatic carboxylic acids is 1. The van der Waals surface area contributed by atoms with Gasteiger partial charge in [-0.2, -0.15) is 11.8 Å². The van der Waals surface area contributed by atoms with Gasteiger partial charge >= 0.3 is 12.0 Å². The van der Waals surface area contributed by atoms with Crippen molar-refractivity contribution >= 4 is 23.8 Å². The molecule has 0 saturated heterocycles. The van der Waals surface area contributed by atoms with Crippen LogP contribution in [0.3, 0.4) is 0 Å². The highest BCUT2D eigenvalue weighted by Gasteiger charge is 2.10. The zero-order chi connectivity index (χ0) is 13.3. The summed E-state index contributed by atoms with van der Waals surface area (Å²) >= 11 is 1.77. The molecule has 6 heteroatoms. The van der Waals surface area contributed by atoms with Crippen LogP contribution in [0.15, 0.2) is 0 Å². The van der Waals surface area contributed by atoms with E-state index in [2.05, 4.69) is 17.6 Å². The van der Waals surface area contributed by atoms with E-state index in [4.69, 9.17) is 5.11 Å². The van der Waals surface area contributed by atoms with Gasteiger partial charge in [-0.25, -0.2) is 4.79 Å². The Balaban J connectivity index is 3.68. The molecule has 0 aromatic carbocycles. The molecule has 0 heterocycles. The molecule has 0 fully saturated rings. The quantitative estimate of drug-likeness (QED) is 0.620. The molecule has 17 heavy (non-hydrogen) atoms. The molecule has 0 saturated carbocycles. The van der Waals surface area contributed by atoms with Gasteiger partial charge < -0.3 is 15.7 Å². The van der Waals surface area contributed by atoms with Gasteiger partial charge in [-0.15, -0.1) is 0 Å². The molecular formula is C11H22N2O3S. The van der Waals surface area contributed by atoms with Gasteiger partial charge in [0, 0.05) is 24.8 Å². The minimum absolute atomic E-state index is 0.0569. The second-order valence-corrected chi connectivity index (χ2v) is 5.44. The van der Waals surface area contributed by atoms with Crippen LogP contribution in [0.25, 0.3) is 0 Å². The Kier molecular flexibility index (Phi) is 8.66. The smallest absolute Gasteiger partial charge is 0.315 e. The van der Waals surface area contributed by atoms with Gasteiger partial charge in [0.05, 0.1) is 0 Å². The third kappa shape index (κ3) is 9.99. The van der Waals surface area contributed by atoms with Crippen molar-refractivity contribution in [3.05, 3.63) is 0 Å². The lowest BCUT2D eigenvalue weighted by Crippen LogP contribution is -2.43. The van der Waals surface area contributed by atoms with Crippen molar-refractivity contribution in [3.8, 4) is 0 Å². The minimum atomic E-state index is -0.840. The zero-order valence-electron chi connectivity index (χ0n) is 10.7. The highest BCUT2D eigenvalue weighted by molar-refractivity contribution is 7.99. The van der Waals surface area contributed by atoms with Crippen molar-refractivity contribution in [1.82, 2.24) is 10.6 Å². The average molecular weight is 262 g/mol. The Bertz CT molecular complexity index is 249. The number of nitrogens with one attached hydrogen (secondary N) is 2. The summed E-state index contributed by atoms with van der Waals surface area (Å²) in [7, 11) is 0. The predicted octanol–water partition coefficient (Wildman–Crippen LogP) is 1.54. The van der Waals surface area contributed by atoms with Crippen LogP contribution in [0.1, 0.15) is 27.2 Å². The van der Waals surface area contributed by atoms with E-state index < -0.39 is 5.97 Å². The monoisotopic (exact) mass is 262 g/mol. The van der Waals surface area contributed by atoms with Crippen LogP contribution in [0.2, 0.25) is 0 Å². The molecule has 0 rings (SSSR count). The first-order valence-electron chi connectivity index (χ1n) is 5.79. The first-order valence-corrected chi connectivity index (χ1v) is 6.95. The van der Waals surface area contributed by atoms with E-state index in [0.29, 0.717) is 6.54 Å². The fraction of sp³-hybridized carbons (Fsp3) is 0.818. The van der Waals surface area contributed by atoms with Crippen molar-refractivity contribution in [2.24, 2.45) is 5.92 Å². The summed E-state index contributed by atoms with van der Waals surface area (Å²) < 4.78 is 0. The topological polar surface area (TPSA) is 78.4 Å². The molecule has 0 aromatic heterocycles. The Morgan fingerprint density at radius 1 is 1.35 bits per heavy atom. The Morgan fingerprint density at radius 3 is 2.53 bits per heavy atom. The normalized spacial score (nSPS) is 13.8. The fourth-order valence-corrected chi connectivity index (χ4v) is 1.92. The molecule has 0 aliphatic rings. The lowest BCUT2D eigenvalue weighted by Gasteiger charge is -2.15. The average Bonchev–Trinajstić information content (AvgIpc) is 2.22. The number of carboxylic acid groups (broad SMARTS) is 1. The molecule has 100 valence electrons. The van der Waals surface area contributed by atoms with E-state index in [9.17, 15) is 9.59 Å². The maximum atomic E-state index is 11.4. The van der Waals surface area contributed by atoms with Crippen molar-refractivity contribution in [2.45, 2.75) is 33.2 Å². The standard InChI is InChI=1S/C11H22N2O3S/c1-4-17-7-9(3)13-11(16)12-6-8(2)5-10(14)15/h8-9H,4-7H2,1-3H3,(H,14,15)(H2,12,13,16). The van der Waals surface area contributed by atoms with Crippen LogP contribution in [-0.2, 0) is 4.79 Å². The number of carboxylic acids is 1. The van der Waals surface area contributed by atoms with Crippen LogP contribution < -0.4 is 10.6 Å². The molecule has 0 aliphatic heterocycles. The van der Waals surface area contributed by atoms with Crippen molar-refractivity contribution in [2.75, 3.05) is 18.1 Å². The zero-order valence-corrected chi connectivity index (χ0v) is 11.5. The maximum Gasteiger partial charge on any atom is 0.315 e. The number of hydrogen-bond donors (Lipinski definition) is 3. The van der Waals surface area contributed by atoms with Crippen LogP contribution in [0.4, 0.5) is 4.79 Å². The van der Waals surface area contributed by atoms with E-state index in [1.165, 1.54) is 0 Å². The van der Waals surface area contributed by atoms with Gasteiger partial charge in [0.2, 0.25) is 0 Å². The van der Waals surface area contributed by atoms with E-state index in [1.54, 1.807) is 18.7 Å². The van der Waals surface area contributed by atoms with Crippen LogP contribution in [0, 0.1) is 5.92 Å². The molecule has 0 spiro atoms. The van der Waals surface area contributed by atoms with E-state index in [0.717, 1.165) is 11.5 Å². The summed E-state index contributed by atoms with van der Waals surface area (Å²) in [5, 5.41) is 14.0. The van der Waals surface area contributed by atoms with Gasteiger partial charge in [0.15, 0.2) is 0 Å². The van der Waals surface area contributed by atoms with Gasteiger partial charge in [-0.05, 0) is 18.6 Å². The Hall–Kier alpha value is -0.910. The number of rotatable bonds is 8. The second-order valence-electron chi connectivity index (χ2n) is 4.12.